The quantitative estimate of drug-likeness (QED) is 0.668. The first-order chi connectivity index (χ1) is 9.58. The Labute approximate surface area is 131 Å². The molecule has 0 aromatic carbocycles. The van der Waals surface area contributed by atoms with E-state index in [-0.39, 0.29) is 0 Å². The van der Waals surface area contributed by atoms with Crippen LogP contribution in [0, 0.1) is 23.2 Å². The summed E-state index contributed by atoms with van der Waals surface area (Å²) in [4.78, 5) is 11.2. The minimum absolute atomic E-state index is 0.388. The molecule has 2 rings (SSSR count). The second kappa shape index (κ2) is 7.29. The Bertz CT molecular complexity index is 331. The normalized spacial score (nSPS) is 37.4. The predicted molar refractivity (Wildman–Crippen MR) is 86.2 cm³/mol. The number of hydrogen-bond donors (Lipinski definition) is 1. The average Bonchev–Trinajstić information content (AvgIpc) is 2.66. The molecule has 3 heteroatoms. The maximum absolute atomic E-state index is 11.2. The lowest BCUT2D eigenvalue weighted by molar-refractivity contribution is -0.138. The third-order valence-corrected chi connectivity index (χ3v) is 6.67. The molecule has 2 nitrogen and oxygen atoms in total. The number of halogens is 1. The molecular weight excluding hydrogens is 316 g/mol. The molecule has 2 aliphatic rings. The number of rotatable bonds is 6. The van der Waals surface area contributed by atoms with Crippen LogP contribution < -0.4 is 0 Å². The Hall–Kier alpha value is -0.0500. The van der Waals surface area contributed by atoms with E-state index in [0.29, 0.717) is 17.8 Å². The van der Waals surface area contributed by atoms with Crippen molar-refractivity contribution in [3.8, 4) is 0 Å². The lowest BCUT2D eigenvalue weighted by Crippen LogP contribution is -2.27. The Morgan fingerprint density at radius 1 is 1.35 bits per heavy atom. The highest BCUT2D eigenvalue weighted by molar-refractivity contribution is 9.09. The molecule has 0 saturated heterocycles. The summed E-state index contributed by atoms with van der Waals surface area (Å²) in [6, 6.07) is 0. The molecule has 0 radical (unpaired) electrons. The van der Waals surface area contributed by atoms with Crippen molar-refractivity contribution in [1.82, 2.24) is 0 Å². The van der Waals surface area contributed by atoms with Crippen LogP contribution >= 0.6 is 15.9 Å². The van der Waals surface area contributed by atoms with Crippen molar-refractivity contribution in [3.05, 3.63) is 0 Å². The fraction of sp³-hybridized carbons (Fsp3) is 0.941. The predicted octanol–water partition coefficient (Wildman–Crippen LogP) is 5.25. The first-order valence-electron chi connectivity index (χ1n) is 8.36. The molecule has 4 atom stereocenters. The van der Waals surface area contributed by atoms with Crippen LogP contribution in [0.15, 0.2) is 0 Å². The number of hydrogen-bond acceptors (Lipinski definition) is 1. The van der Waals surface area contributed by atoms with Gasteiger partial charge in [0.2, 0.25) is 0 Å². The smallest absolute Gasteiger partial charge is 0.303 e. The number of carboxylic acid groups (broad SMARTS) is 1. The lowest BCUT2D eigenvalue weighted by atomic mass is 9.68. The minimum atomic E-state index is -0.601. The maximum Gasteiger partial charge on any atom is 0.303 e. The fourth-order valence-corrected chi connectivity index (χ4v) is 5.58. The summed E-state index contributed by atoms with van der Waals surface area (Å²) in [5.74, 6) is 1.34. The van der Waals surface area contributed by atoms with Gasteiger partial charge in [0.1, 0.15) is 0 Å². The largest absolute Gasteiger partial charge is 0.481 e. The second-order valence-corrected chi connectivity index (χ2v) is 7.91. The van der Waals surface area contributed by atoms with Gasteiger partial charge in [-0.2, -0.15) is 0 Å². The van der Waals surface area contributed by atoms with E-state index < -0.39 is 5.97 Å². The van der Waals surface area contributed by atoms with Crippen LogP contribution in [0.3, 0.4) is 0 Å². The van der Waals surface area contributed by atoms with E-state index in [1.807, 2.05) is 0 Å². The topological polar surface area (TPSA) is 37.3 Å². The van der Waals surface area contributed by atoms with Crippen LogP contribution in [0.1, 0.15) is 71.1 Å². The molecule has 4 unspecified atom stereocenters. The van der Waals surface area contributed by atoms with Crippen LogP contribution in [0.2, 0.25) is 0 Å². The van der Waals surface area contributed by atoms with E-state index in [0.717, 1.165) is 23.6 Å². The van der Waals surface area contributed by atoms with Gasteiger partial charge in [0.05, 0.1) is 0 Å². The molecule has 0 spiro atoms. The fourth-order valence-electron chi connectivity index (χ4n) is 4.73. The van der Waals surface area contributed by atoms with Crippen molar-refractivity contribution in [2.24, 2.45) is 23.2 Å². The number of carboxylic acids is 1. The zero-order chi connectivity index (χ0) is 14.6. The molecule has 2 aliphatic carbocycles. The molecule has 0 aromatic rings. The van der Waals surface area contributed by atoms with Crippen LogP contribution in [-0.2, 0) is 4.79 Å². The summed E-state index contributed by atoms with van der Waals surface area (Å²) in [7, 11) is 0. The molecule has 0 aromatic heterocycles. The van der Waals surface area contributed by atoms with Crippen molar-refractivity contribution in [2.75, 3.05) is 5.33 Å². The molecular formula is C17H29BrO2. The van der Waals surface area contributed by atoms with Crippen molar-refractivity contribution in [2.45, 2.75) is 71.1 Å². The third kappa shape index (κ3) is 3.99. The Morgan fingerprint density at radius 2 is 2.10 bits per heavy atom. The van der Waals surface area contributed by atoms with E-state index in [9.17, 15) is 9.90 Å². The number of unbranched alkanes of at least 4 members (excludes halogenated alkanes) is 1. The Balaban J connectivity index is 2.15. The van der Waals surface area contributed by atoms with E-state index in [2.05, 4.69) is 22.9 Å². The van der Waals surface area contributed by atoms with E-state index >= 15 is 0 Å². The first kappa shape index (κ1) is 16.3. The van der Waals surface area contributed by atoms with Gasteiger partial charge in [-0.1, -0.05) is 35.7 Å². The number of aliphatic carboxylic acids is 1. The van der Waals surface area contributed by atoms with Gasteiger partial charge in [0.15, 0.2) is 0 Å². The Morgan fingerprint density at radius 3 is 2.75 bits per heavy atom. The van der Waals surface area contributed by atoms with Gasteiger partial charge in [-0.05, 0) is 68.1 Å². The third-order valence-electron chi connectivity index (χ3n) is 5.84. The summed E-state index contributed by atoms with van der Waals surface area (Å²) in [6.45, 7) is 2.27. The number of carbonyl (C=O) groups is 1. The van der Waals surface area contributed by atoms with Gasteiger partial charge in [-0.15, -0.1) is 0 Å². The molecule has 0 heterocycles. The average molecular weight is 345 g/mol. The van der Waals surface area contributed by atoms with E-state index in [1.54, 1.807) is 0 Å². The van der Waals surface area contributed by atoms with Crippen molar-refractivity contribution in [3.63, 3.8) is 0 Å². The minimum Gasteiger partial charge on any atom is -0.481 e. The zero-order valence-corrected chi connectivity index (χ0v) is 14.3. The zero-order valence-electron chi connectivity index (χ0n) is 12.7. The molecule has 2 bridgehead atoms. The highest BCUT2D eigenvalue weighted by atomic mass is 79.9. The summed E-state index contributed by atoms with van der Waals surface area (Å²) < 4.78 is 0. The summed E-state index contributed by atoms with van der Waals surface area (Å²) >= 11 is 3.70. The molecule has 20 heavy (non-hydrogen) atoms. The van der Waals surface area contributed by atoms with Gasteiger partial charge < -0.3 is 5.11 Å². The van der Waals surface area contributed by atoms with Crippen LogP contribution in [0.25, 0.3) is 0 Å². The summed E-state index contributed by atoms with van der Waals surface area (Å²) in [5.41, 5.74) is 0.460. The van der Waals surface area contributed by atoms with Crippen molar-refractivity contribution >= 4 is 21.9 Å². The summed E-state index contributed by atoms with van der Waals surface area (Å²) in [5, 5.41) is 10.3. The van der Waals surface area contributed by atoms with Gasteiger partial charge in [0.25, 0.3) is 0 Å². The molecule has 0 amide bonds. The van der Waals surface area contributed by atoms with E-state index in [1.165, 1.54) is 51.4 Å². The highest BCUT2D eigenvalue weighted by Gasteiger charge is 2.42. The highest BCUT2D eigenvalue weighted by Crippen LogP contribution is 2.53. The Kier molecular flexibility index (Phi) is 5.95. The first-order valence-corrected chi connectivity index (χ1v) is 9.48. The van der Waals surface area contributed by atoms with E-state index in [4.69, 9.17) is 0 Å². The standard InChI is InChI=1S/C17H29BrO2/c1-2-3-6-17-7-4-14(15(12-18)5-8-17)9-13(11-17)10-16(19)20/h13-15H,2-12H2,1H3,(H,19,20). The summed E-state index contributed by atoms with van der Waals surface area (Å²) in [6.07, 6.45) is 11.9. The van der Waals surface area contributed by atoms with Gasteiger partial charge in [-0.3, -0.25) is 4.79 Å². The van der Waals surface area contributed by atoms with Gasteiger partial charge in [0, 0.05) is 11.8 Å². The SMILES string of the molecule is CCCCC12CCC(CBr)C(CC1)CC(CC(=O)O)C2. The van der Waals surface area contributed by atoms with Crippen LogP contribution in [-0.4, -0.2) is 16.4 Å². The van der Waals surface area contributed by atoms with Crippen LogP contribution in [0.4, 0.5) is 0 Å². The van der Waals surface area contributed by atoms with Gasteiger partial charge in [-0.25, -0.2) is 0 Å². The van der Waals surface area contributed by atoms with Crippen molar-refractivity contribution in [1.29, 1.82) is 0 Å². The monoisotopic (exact) mass is 344 g/mol. The number of fused-ring (bicyclic) bond motifs is 3. The van der Waals surface area contributed by atoms with Gasteiger partial charge >= 0.3 is 5.97 Å². The molecule has 0 aliphatic heterocycles. The molecule has 1 N–H and O–H groups in total. The number of alkyl halides is 1. The lowest BCUT2D eigenvalue weighted by Gasteiger charge is -2.37. The molecule has 2 saturated carbocycles. The maximum atomic E-state index is 11.2. The van der Waals surface area contributed by atoms with Crippen molar-refractivity contribution < 1.29 is 9.90 Å². The molecule has 2 fully saturated rings. The second-order valence-electron chi connectivity index (χ2n) is 7.26. The molecule has 116 valence electrons. The van der Waals surface area contributed by atoms with Crippen LogP contribution in [0.5, 0.6) is 0 Å².